The quantitative estimate of drug-likeness (QED) is 0.0344. The fourth-order valence-electron chi connectivity index (χ4n) is 8.66. The highest BCUT2D eigenvalue weighted by Crippen LogP contribution is 2.18. The first kappa shape index (κ1) is 61.4. The molecule has 2 atom stereocenters. The monoisotopic (exact) mass is 891 g/mol. The summed E-state index contributed by atoms with van der Waals surface area (Å²) >= 11 is 0. The highest BCUT2D eigenvalue weighted by Gasteiger charge is 2.19. The Bertz CT molecular complexity index is 964. The first-order valence-corrected chi connectivity index (χ1v) is 28.3. The van der Waals surface area contributed by atoms with E-state index in [0.717, 1.165) is 69.6 Å². The highest BCUT2D eigenvalue weighted by atomic mass is 16.6. The molecule has 0 N–H and O–H groups in total. The second kappa shape index (κ2) is 49.8. The molecule has 0 fully saturated rings. The lowest BCUT2D eigenvalue weighted by Gasteiger charge is -2.18. The third kappa shape index (κ3) is 49.7. The van der Waals surface area contributed by atoms with Gasteiger partial charge in [0.15, 0.2) is 6.10 Å². The first-order valence-electron chi connectivity index (χ1n) is 28.3. The smallest absolute Gasteiger partial charge is 0.306 e. The van der Waals surface area contributed by atoms with Crippen molar-refractivity contribution in [3.05, 3.63) is 0 Å². The van der Waals surface area contributed by atoms with Gasteiger partial charge in [0.25, 0.3) is 0 Å². The van der Waals surface area contributed by atoms with Gasteiger partial charge in [-0.3, -0.25) is 14.4 Å². The van der Waals surface area contributed by atoms with E-state index in [1.165, 1.54) is 205 Å². The maximum atomic E-state index is 12.8. The average Bonchev–Trinajstić information content (AvgIpc) is 3.27. The van der Waals surface area contributed by atoms with Crippen molar-refractivity contribution in [3.63, 3.8) is 0 Å². The van der Waals surface area contributed by atoms with Gasteiger partial charge in [-0.25, -0.2) is 0 Å². The molecule has 0 aromatic heterocycles. The van der Waals surface area contributed by atoms with Crippen LogP contribution in [0.3, 0.4) is 0 Å². The Morgan fingerprint density at radius 2 is 0.603 bits per heavy atom. The second-order valence-electron chi connectivity index (χ2n) is 20.3. The third-order valence-electron chi connectivity index (χ3n) is 13.3. The van der Waals surface area contributed by atoms with Gasteiger partial charge in [0.1, 0.15) is 13.2 Å². The maximum Gasteiger partial charge on any atom is 0.306 e. The number of hydrogen-bond acceptors (Lipinski definition) is 6. The standard InChI is InChI=1S/C57H110O6/c1-6-8-9-10-11-12-13-14-15-16-17-18-19-24-27-34-39-44-49-57(60)63-54(51-62-56(59)48-43-38-33-29-28-31-36-41-46-53(5)7-2)50-61-55(58)47-42-37-32-26-23-21-20-22-25-30-35-40-45-52(3)4/h52-54H,6-51H2,1-5H3/t53?,54-/m0/s1. The lowest BCUT2D eigenvalue weighted by molar-refractivity contribution is -0.167. The third-order valence-corrected chi connectivity index (χ3v) is 13.3. The van der Waals surface area contributed by atoms with Crippen LogP contribution in [0, 0.1) is 11.8 Å². The van der Waals surface area contributed by atoms with E-state index in [4.69, 9.17) is 14.2 Å². The number of unbranched alkanes of at least 4 members (excludes halogenated alkanes) is 35. The summed E-state index contributed by atoms with van der Waals surface area (Å²) in [5.41, 5.74) is 0. The number of esters is 3. The van der Waals surface area contributed by atoms with Gasteiger partial charge in [-0.2, -0.15) is 0 Å². The minimum Gasteiger partial charge on any atom is -0.462 e. The first-order chi connectivity index (χ1) is 30.8. The van der Waals surface area contributed by atoms with Crippen LogP contribution < -0.4 is 0 Å². The van der Waals surface area contributed by atoms with Crippen LogP contribution in [0.1, 0.15) is 317 Å². The largest absolute Gasteiger partial charge is 0.462 e. The number of carbonyl (C=O) groups is 3. The van der Waals surface area contributed by atoms with Gasteiger partial charge < -0.3 is 14.2 Å². The summed E-state index contributed by atoms with van der Waals surface area (Å²) < 4.78 is 16.9. The van der Waals surface area contributed by atoms with E-state index in [2.05, 4.69) is 34.6 Å². The van der Waals surface area contributed by atoms with Crippen molar-refractivity contribution >= 4 is 17.9 Å². The lowest BCUT2D eigenvalue weighted by atomic mass is 9.99. The molecule has 0 radical (unpaired) electrons. The molecule has 0 spiro atoms. The molecule has 6 nitrogen and oxygen atoms in total. The maximum absolute atomic E-state index is 12.8. The van der Waals surface area contributed by atoms with Crippen molar-refractivity contribution in [3.8, 4) is 0 Å². The van der Waals surface area contributed by atoms with Gasteiger partial charge in [0, 0.05) is 19.3 Å². The Hall–Kier alpha value is -1.59. The fraction of sp³-hybridized carbons (Fsp3) is 0.947. The topological polar surface area (TPSA) is 78.9 Å². The second-order valence-corrected chi connectivity index (χ2v) is 20.3. The zero-order valence-electron chi connectivity index (χ0n) is 43.2. The van der Waals surface area contributed by atoms with Crippen LogP contribution in [0.2, 0.25) is 0 Å². The molecule has 374 valence electrons. The van der Waals surface area contributed by atoms with E-state index in [0.29, 0.717) is 19.3 Å². The summed E-state index contributed by atoms with van der Waals surface area (Å²) in [5, 5.41) is 0. The Morgan fingerprint density at radius 3 is 0.905 bits per heavy atom. The molecule has 0 aromatic carbocycles. The molecular formula is C57H110O6. The van der Waals surface area contributed by atoms with Crippen molar-refractivity contribution < 1.29 is 28.6 Å². The average molecular weight is 892 g/mol. The molecule has 0 aromatic rings. The van der Waals surface area contributed by atoms with Gasteiger partial charge in [-0.1, -0.05) is 279 Å². The minimum absolute atomic E-state index is 0.0634. The van der Waals surface area contributed by atoms with Gasteiger partial charge in [-0.15, -0.1) is 0 Å². The molecule has 0 heterocycles. The summed E-state index contributed by atoms with van der Waals surface area (Å²) in [6.07, 6.45) is 52.3. The SMILES string of the molecule is CCCCCCCCCCCCCCCCCCCCC(=O)O[C@@H](COC(=O)CCCCCCCCCCCCCCC(C)C)COC(=O)CCCCCCCCCCC(C)CC. The summed E-state index contributed by atoms with van der Waals surface area (Å²) in [7, 11) is 0. The van der Waals surface area contributed by atoms with Crippen LogP contribution in [0.5, 0.6) is 0 Å². The molecule has 0 bridgehead atoms. The Balaban J connectivity index is 4.29. The molecule has 0 saturated carbocycles. The molecule has 6 heteroatoms. The van der Waals surface area contributed by atoms with Gasteiger partial charge in [0.2, 0.25) is 0 Å². The lowest BCUT2D eigenvalue weighted by Crippen LogP contribution is -2.30. The van der Waals surface area contributed by atoms with Crippen LogP contribution in [-0.4, -0.2) is 37.2 Å². The summed E-state index contributed by atoms with van der Waals surface area (Å²) in [5.74, 6) is 0.838. The van der Waals surface area contributed by atoms with Crippen LogP contribution in [0.4, 0.5) is 0 Å². The summed E-state index contributed by atoms with van der Waals surface area (Å²) in [4.78, 5) is 38.1. The number of hydrogen-bond donors (Lipinski definition) is 0. The van der Waals surface area contributed by atoms with E-state index in [9.17, 15) is 14.4 Å². The predicted octanol–water partition coefficient (Wildman–Crippen LogP) is 18.5. The Labute approximate surface area is 393 Å². The fourth-order valence-corrected chi connectivity index (χ4v) is 8.66. The van der Waals surface area contributed by atoms with Gasteiger partial charge in [0.05, 0.1) is 0 Å². The van der Waals surface area contributed by atoms with Gasteiger partial charge in [-0.05, 0) is 31.1 Å². The normalized spacial score (nSPS) is 12.5. The molecule has 0 aliphatic carbocycles. The van der Waals surface area contributed by atoms with Crippen LogP contribution in [0.15, 0.2) is 0 Å². The number of ether oxygens (including phenoxy) is 3. The molecule has 63 heavy (non-hydrogen) atoms. The molecule has 0 saturated heterocycles. The summed E-state index contributed by atoms with van der Waals surface area (Å²) in [6.45, 7) is 11.4. The highest BCUT2D eigenvalue weighted by molar-refractivity contribution is 5.71. The van der Waals surface area contributed by atoms with E-state index >= 15 is 0 Å². The molecular weight excluding hydrogens is 781 g/mol. The van der Waals surface area contributed by atoms with Crippen molar-refractivity contribution in [2.24, 2.45) is 11.8 Å². The molecule has 0 rings (SSSR count). The summed E-state index contributed by atoms with van der Waals surface area (Å²) in [6, 6.07) is 0. The number of carbonyl (C=O) groups excluding carboxylic acids is 3. The molecule has 0 amide bonds. The molecule has 0 aliphatic rings. The van der Waals surface area contributed by atoms with E-state index < -0.39 is 6.10 Å². The van der Waals surface area contributed by atoms with Crippen LogP contribution in [0.25, 0.3) is 0 Å². The van der Waals surface area contributed by atoms with Crippen molar-refractivity contribution in [2.45, 2.75) is 323 Å². The van der Waals surface area contributed by atoms with Gasteiger partial charge >= 0.3 is 17.9 Å². The zero-order chi connectivity index (χ0) is 46.1. The van der Waals surface area contributed by atoms with Crippen molar-refractivity contribution in [2.75, 3.05) is 13.2 Å². The van der Waals surface area contributed by atoms with Crippen molar-refractivity contribution in [1.82, 2.24) is 0 Å². The van der Waals surface area contributed by atoms with E-state index in [1.54, 1.807) is 0 Å². The predicted molar refractivity (Wildman–Crippen MR) is 270 cm³/mol. The number of rotatable bonds is 51. The van der Waals surface area contributed by atoms with E-state index in [-0.39, 0.29) is 31.1 Å². The van der Waals surface area contributed by atoms with Crippen LogP contribution in [-0.2, 0) is 28.6 Å². The molecule has 1 unspecified atom stereocenters. The Kier molecular flexibility index (Phi) is 48.6. The van der Waals surface area contributed by atoms with Crippen molar-refractivity contribution in [1.29, 1.82) is 0 Å². The van der Waals surface area contributed by atoms with E-state index in [1.807, 2.05) is 0 Å². The molecule has 0 aliphatic heterocycles. The minimum atomic E-state index is -0.763. The zero-order valence-corrected chi connectivity index (χ0v) is 43.2. The van der Waals surface area contributed by atoms with Crippen LogP contribution >= 0.6 is 0 Å². The Morgan fingerprint density at radius 1 is 0.333 bits per heavy atom.